The number of hydrogen-bond donors (Lipinski definition) is 2. The number of amides is 1. The molecule has 6 heteroatoms. The molecule has 0 bridgehead atoms. The van der Waals surface area contributed by atoms with Crippen molar-refractivity contribution >= 4 is 22.5 Å². The Balaban J connectivity index is 2.39. The van der Waals surface area contributed by atoms with E-state index in [0.29, 0.717) is 29.7 Å². The number of fused-ring (bicyclic) bond motifs is 1. The van der Waals surface area contributed by atoms with Gasteiger partial charge in [0.2, 0.25) is 0 Å². The van der Waals surface area contributed by atoms with Gasteiger partial charge in [0.15, 0.2) is 5.69 Å². The Bertz CT molecular complexity index is 668. The van der Waals surface area contributed by atoms with Gasteiger partial charge in [-0.1, -0.05) is 0 Å². The molecule has 3 N–H and O–H groups in total. The van der Waals surface area contributed by atoms with Gasteiger partial charge >= 0.3 is 0 Å². The van der Waals surface area contributed by atoms with Crippen LogP contribution in [0.15, 0.2) is 18.2 Å². The fourth-order valence-electron chi connectivity index (χ4n) is 2.10. The van der Waals surface area contributed by atoms with E-state index in [0.717, 1.165) is 5.52 Å². The number of rotatable bonds is 4. The van der Waals surface area contributed by atoms with Gasteiger partial charge in [0.25, 0.3) is 5.91 Å². The highest BCUT2D eigenvalue weighted by molar-refractivity contribution is 6.05. The molecule has 0 saturated carbocycles. The number of aromatic amines is 1. The number of nitrogen functional groups attached to an aromatic ring is 1. The molecular formula is C14H17N5O. The van der Waals surface area contributed by atoms with Crippen LogP contribution in [0, 0.1) is 11.3 Å². The average Bonchev–Trinajstić information content (AvgIpc) is 2.81. The van der Waals surface area contributed by atoms with Gasteiger partial charge in [-0.2, -0.15) is 10.4 Å². The quantitative estimate of drug-likeness (QED) is 0.830. The van der Waals surface area contributed by atoms with Crippen molar-refractivity contribution in [3.63, 3.8) is 0 Å². The molecule has 1 heterocycles. The van der Waals surface area contributed by atoms with E-state index >= 15 is 0 Å². The molecule has 1 amide bonds. The van der Waals surface area contributed by atoms with Crippen molar-refractivity contribution in [2.24, 2.45) is 0 Å². The van der Waals surface area contributed by atoms with E-state index in [1.807, 2.05) is 13.8 Å². The fraction of sp³-hybridized carbons (Fsp3) is 0.357. The van der Waals surface area contributed by atoms with Crippen LogP contribution in [0.3, 0.4) is 0 Å². The van der Waals surface area contributed by atoms with Crippen LogP contribution in [0.2, 0.25) is 0 Å². The van der Waals surface area contributed by atoms with Crippen LogP contribution in [0.4, 0.5) is 5.69 Å². The van der Waals surface area contributed by atoms with Gasteiger partial charge in [-0.25, -0.2) is 0 Å². The number of benzene rings is 1. The highest BCUT2D eigenvalue weighted by Crippen LogP contribution is 2.21. The van der Waals surface area contributed by atoms with Crippen LogP contribution in [0.1, 0.15) is 30.8 Å². The second-order valence-electron chi connectivity index (χ2n) is 4.88. The lowest BCUT2D eigenvalue weighted by atomic mass is 10.1. The van der Waals surface area contributed by atoms with Crippen molar-refractivity contribution in [1.82, 2.24) is 15.1 Å². The summed E-state index contributed by atoms with van der Waals surface area (Å²) >= 11 is 0. The third kappa shape index (κ3) is 2.57. The molecule has 0 unspecified atom stereocenters. The summed E-state index contributed by atoms with van der Waals surface area (Å²) in [6.07, 6.45) is 0.300. The molecule has 0 aliphatic rings. The summed E-state index contributed by atoms with van der Waals surface area (Å²) in [5, 5.41) is 16.3. The second-order valence-corrected chi connectivity index (χ2v) is 4.88. The fourth-order valence-corrected chi connectivity index (χ4v) is 2.10. The molecule has 0 aliphatic heterocycles. The molecule has 104 valence electrons. The molecule has 2 rings (SSSR count). The van der Waals surface area contributed by atoms with E-state index in [1.54, 1.807) is 23.1 Å². The van der Waals surface area contributed by atoms with Crippen molar-refractivity contribution in [2.75, 3.05) is 12.3 Å². The molecule has 0 spiro atoms. The molecule has 0 aliphatic carbocycles. The monoisotopic (exact) mass is 271 g/mol. The zero-order valence-corrected chi connectivity index (χ0v) is 11.6. The van der Waals surface area contributed by atoms with Gasteiger partial charge < -0.3 is 10.6 Å². The van der Waals surface area contributed by atoms with Crippen molar-refractivity contribution in [1.29, 1.82) is 5.26 Å². The minimum atomic E-state index is -0.188. The maximum absolute atomic E-state index is 12.6. The molecule has 2 aromatic rings. The predicted molar refractivity (Wildman–Crippen MR) is 76.9 cm³/mol. The normalized spacial score (nSPS) is 10.7. The van der Waals surface area contributed by atoms with Gasteiger partial charge in [0.05, 0.1) is 18.0 Å². The number of H-pyrrole nitrogens is 1. The maximum Gasteiger partial charge on any atom is 0.275 e. The van der Waals surface area contributed by atoms with Crippen LogP contribution in [-0.2, 0) is 0 Å². The first kappa shape index (κ1) is 13.9. The Kier molecular flexibility index (Phi) is 3.89. The molecular weight excluding hydrogens is 254 g/mol. The molecule has 20 heavy (non-hydrogen) atoms. The number of hydrogen-bond acceptors (Lipinski definition) is 4. The van der Waals surface area contributed by atoms with Crippen molar-refractivity contribution in [3.05, 3.63) is 23.9 Å². The lowest BCUT2D eigenvalue weighted by Crippen LogP contribution is -2.37. The predicted octanol–water partition coefficient (Wildman–Crippen LogP) is 1.91. The number of carbonyl (C=O) groups excluding carboxylic acids is 1. The van der Waals surface area contributed by atoms with Gasteiger partial charge in [-0.05, 0) is 32.0 Å². The van der Waals surface area contributed by atoms with Crippen LogP contribution < -0.4 is 5.73 Å². The van der Waals surface area contributed by atoms with E-state index in [1.165, 1.54) is 0 Å². The van der Waals surface area contributed by atoms with E-state index < -0.39 is 0 Å². The summed E-state index contributed by atoms with van der Waals surface area (Å²) in [7, 11) is 0. The summed E-state index contributed by atoms with van der Waals surface area (Å²) in [5.74, 6) is -0.188. The standard InChI is InChI=1S/C14H17N5O/c1-9(2)19(7-3-6-15)14(20)13-11-8-10(16)4-5-12(11)17-18-13/h4-5,8-9H,3,7,16H2,1-2H3,(H,17,18). The van der Waals surface area contributed by atoms with Crippen molar-refractivity contribution in [2.45, 2.75) is 26.3 Å². The van der Waals surface area contributed by atoms with E-state index in [4.69, 9.17) is 11.0 Å². The molecule has 1 aromatic carbocycles. The van der Waals surface area contributed by atoms with Crippen LogP contribution in [0.5, 0.6) is 0 Å². The Morgan fingerprint density at radius 3 is 2.95 bits per heavy atom. The molecule has 1 aromatic heterocycles. The molecule has 0 atom stereocenters. The van der Waals surface area contributed by atoms with Gasteiger partial charge in [-0.15, -0.1) is 0 Å². The van der Waals surface area contributed by atoms with Crippen molar-refractivity contribution < 1.29 is 4.79 Å². The smallest absolute Gasteiger partial charge is 0.275 e. The summed E-state index contributed by atoms with van der Waals surface area (Å²) in [5.41, 5.74) is 7.46. The summed E-state index contributed by atoms with van der Waals surface area (Å²) in [4.78, 5) is 14.2. The first-order chi connectivity index (χ1) is 9.54. The average molecular weight is 271 g/mol. The van der Waals surface area contributed by atoms with Gasteiger partial charge in [0.1, 0.15) is 0 Å². The Morgan fingerprint density at radius 2 is 2.30 bits per heavy atom. The third-order valence-corrected chi connectivity index (χ3v) is 3.14. The van der Waals surface area contributed by atoms with Crippen LogP contribution >= 0.6 is 0 Å². The van der Waals surface area contributed by atoms with Gasteiger partial charge in [0, 0.05) is 23.7 Å². The first-order valence-corrected chi connectivity index (χ1v) is 6.46. The summed E-state index contributed by atoms with van der Waals surface area (Å²) < 4.78 is 0. The number of nitrogens with zero attached hydrogens (tertiary/aromatic N) is 3. The van der Waals surface area contributed by atoms with E-state index in [9.17, 15) is 4.79 Å². The van der Waals surface area contributed by atoms with Crippen molar-refractivity contribution in [3.8, 4) is 6.07 Å². The Labute approximate surface area is 117 Å². The van der Waals surface area contributed by atoms with E-state index in [2.05, 4.69) is 16.3 Å². The zero-order chi connectivity index (χ0) is 14.7. The SMILES string of the molecule is CC(C)N(CCC#N)C(=O)c1n[nH]c2ccc(N)cc12. The third-order valence-electron chi connectivity index (χ3n) is 3.14. The summed E-state index contributed by atoms with van der Waals surface area (Å²) in [6.45, 7) is 4.22. The highest BCUT2D eigenvalue weighted by atomic mass is 16.2. The number of nitriles is 1. The number of nitrogens with one attached hydrogen (secondary N) is 1. The largest absolute Gasteiger partial charge is 0.399 e. The Hall–Kier alpha value is -2.55. The Morgan fingerprint density at radius 1 is 1.55 bits per heavy atom. The minimum absolute atomic E-state index is 0.00339. The number of nitrogens with two attached hydrogens (primary N) is 1. The lowest BCUT2D eigenvalue weighted by Gasteiger charge is -2.25. The zero-order valence-electron chi connectivity index (χ0n) is 11.6. The lowest BCUT2D eigenvalue weighted by molar-refractivity contribution is 0.0706. The molecule has 0 fully saturated rings. The molecule has 6 nitrogen and oxygen atoms in total. The summed E-state index contributed by atoms with van der Waals surface area (Å²) in [6, 6.07) is 7.34. The number of anilines is 1. The highest BCUT2D eigenvalue weighted by Gasteiger charge is 2.22. The van der Waals surface area contributed by atoms with E-state index in [-0.39, 0.29) is 11.9 Å². The first-order valence-electron chi connectivity index (χ1n) is 6.46. The molecule has 0 radical (unpaired) electrons. The molecule has 0 saturated heterocycles. The number of carbonyl (C=O) groups is 1. The maximum atomic E-state index is 12.6. The van der Waals surface area contributed by atoms with Crippen LogP contribution in [0.25, 0.3) is 10.9 Å². The minimum Gasteiger partial charge on any atom is -0.399 e. The number of aromatic nitrogens is 2. The van der Waals surface area contributed by atoms with Crippen LogP contribution in [-0.4, -0.2) is 33.6 Å². The topological polar surface area (TPSA) is 98.8 Å². The van der Waals surface area contributed by atoms with Gasteiger partial charge in [-0.3, -0.25) is 9.89 Å². The second kappa shape index (κ2) is 5.61.